The number of hydrogen-bond donors (Lipinski definition) is 2. The third-order valence-electron chi connectivity index (χ3n) is 7.15. The highest BCUT2D eigenvalue weighted by molar-refractivity contribution is 7.90. The molecule has 192 valence electrons. The van der Waals surface area contributed by atoms with Crippen LogP contribution < -0.4 is 0 Å². The van der Waals surface area contributed by atoms with E-state index in [1.807, 2.05) is 0 Å². The van der Waals surface area contributed by atoms with Crippen LogP contribution in [0.15, 0.2) is 47.4 Å². The van der Waals surface area contributed by atoms with Crippen molar-refractivity contribution in [2.45, 2.75) is 69.0 Å². The van der Waals surface area contributed by atoms with Gasteiger partial charge in [0, 0.05) is 19.3 Å². The van der Waals surface area contributed by atoms with Crippen molar-refractivity contribution in [2.75, 3.05) is 19.3 Å². The highest BCUT2D eigenvalue weighted by Crippen LogP contribution is 2.32. The van der Waals surface area contributed by atoms with Crippen LogP contribution in [0.1, 0.15) is 68.7 Å². The Morgan fingerprint density at radius 2 is 1.66 bits per heavy atom. The van der Waals surface area contributed by atoms with E-state index in [1.54, 1.807) is 11.0 Å². The van der Waals surface area contributed by atoms with Gasteiger partial charge in [0.1, 0.15) is 11.9 Å². The summed E-state index contributed by atoms with van der Waals surface area (Å²) in [7, 11) is -3.36. The van der Waals surface area contributed by atoms with E-state index in [1.165, 1.54) is 36.4 Å². The number of rotatable bonds is 9. The molecule has 0 bridgehead atoms. The molecular weight excluding hydrogens is 469 g/mol. The average molecular weight is 506 g/mol. The van der Waals surface area contributed by atoms with E-state index in [0.717, 1.165) is 25.5 Å². The van der Waals surface area contributed by atoms with E-state index >= 15 is 0 Å². The molecule has 1 unspecified atom stereocenters. The Balaban J connectivity index is 1.66. The van der Waals surface area contributed by atoms with Crippen molar-refractivity contribution in [2.24, 2.45) is 5.92 Å². The SMILES string of the molecule is CCC(CC)CC1(O)CCN(C(=O)Cc2cc(F)cc(C(O)c3ccc(S(C)(=O)=O)cc3)c2)CC1. The fraction of sp³-hybridized carbons (Fsp3) is 0.519. The van der Waals surface area contributed by atoms with Gasteiger partial charge >= 0.3 is 0 Å². The molecule has 35 heavy (non-hydrogen) atoms. The Hall–Kier alpha value is -2.29. The summed E-state index contributed by atoms with van der Waals surface area (Å²) in [5, 5.41) is 21.7. The normalized spacial score (nSPS) is 16.9. The van der Waals surface area contributed by atoms with Crippen LogP contribution >= 0.6 is 0 Å². The Morgan fingerprint density at radius 1 is 1.06 bits per heavy atom. The van der Waals surface area contributed by atoms with Gasteiger partial charge in [0.2, 0.25) is 5.91 Å². The zero-order chi connectivity index (χ0) is 25.8. The quantitative estimate of drug-likeness (QED) is 0.537. The summed E-state index contributed by atoms with van der Waals surface area (Å²) in [6.07, 6.45) is 3.80. The smallest absolute Gasteiger partial charge is 0.226 e. The van der Waals surface area contributed by atoms with Crippen LogP contribution in [0.25, 0.3) is 0 Å². The number of carbonyl (C=O) groups excluding carboxylic acids is 1. The first-order chi connectivity index (χ1) is 16.4. The predicted molar refractivity (Wildman–Crippen MR) is 133 cm³/mol. The van der Waals surface area contributed by atoms with Crippen molar-refractivity contribution in [1.82, 2.24) is 4.90 Å². The van der Waals surface area contributed by atoms with Crippen LogP contribution in [-0.2, 0) is 21.1 Å². The third kappa shape index (κ3) is 7.12. The number of carbonyl (C=O) groups is 1. The van der Waals surface area contributed by atoms with Crippen molar-refractivity contribution in [3.8, 4) is 0 Å². The lowest BCUT2D eigenvalue weighted by Gasteiger charge is -2.40. The number of nitrogens with zero attached hydrogens (tertiary/aromatic N) is 1. The van der Waals surface area contributed by atoms with E-state index in [0.29, 0.717) is 43.0 Å². The van der Waals surface area contributed by atoms with Gasteiger partial charge in [-0.15, -0.1) is 0 Å². The second-order valence-electron chi connectivity index (χ2n) is 9.81. The molecule has 0 aromatic heterocycles. The molecule has 2 aromatic carbocycles. The maximum Gasteiger partial charge on any atom is 0.226 e. The number of amides is 1. The summed E-state index contributed by atoms with van der Waals surface area (Å²) in [4.78, 5) is 14.8. The van der Waals surface area contributed by atoms with E-state index in [-0.39, 0.29) is 22.8 Å². The zero-order valence-corrected chi connectivity index (χ0v) is 21.5. The molecule has 0 saturated carbocycles. The Labute approximate surface area is 207 Å². The number of piperidine rings is 1. The maximum absolute atomic E-state index is 14.4. The molecule has 1 fully saturated rings. The van der Waals surface area contributed by atoms with Crippen molar-refractivity contribution >= 4 is 15.7 Å². The van der Waals surface area contributed by atoms with Crippen LogP contribution in [0, 0.1) is 11.7 Å². The largest absolute Gasteiger partial charge is 0.390 e. The minimum Gasteiger partial charge on any atom is -0.390 e. The summed E-state index contributed by atoms with van der Waals surface area (Å²) in [5.74, 6) is -0.226. The molecule has 1 aliphatic heterocycles. The fourth-order valence-corrected chi connectivity index (χ4v) is 5.43. The number of likely N-dealkylation sites (tertiary alicyclic amines) is 1. The molecular formula is C27H36FNO5S. The van der Waals surface area contributed by atoms with Crippen LogP contribution in [0.4, 0.5) is 4.39 Å². The standard InChI is InChI=1S/C27H36FNO5S/c1-4-19(5-2)18-27(32)10-12-29(13-11-27)25(30)16-20-14-22(17-23(28)15-20)26(31)21-6-8-24(9-7-21)35(3,33)34/h6-9,14-15,17,19,26,31-32H,4-5,10-13,16,18H2,1-3H3. The molecule has 0 aliphatic carbocycles. The molecule has 1 amide bonds. The number of aliphatic hydroxyl groups is 2. The van der Waals surface area contributed by atoms with Crippen LogP contribution in [-0.4, -0.2) is 54.4 Å². The lowest BCUT2D eigenvalue weighted by atomic mass is 9.81. The molecule has 1 atom stereocenters. The van der Waals surface area contributed by atoms with Crippen molar-refractivity contribution in [1.29, 1.82) is 0 Å². The number of halogens is 1. The number of sulfone groups is 1. The van der Waals surface area contributed by atoms with Crippen molar-refractivity contribution < 1.29 is 27.8 Å². The van der Waals surface area contributed by atoms with Crippen LogP contribution in [0.3, 0.4) is 0 Å². The zero-order valence-electron chi connectivity index (χ0n) is 20.7. The molecule has 2 N–H and O–H groups in total. The van der Waals surface area contributed by atoms with E-state index in [9.17, 15) is 27.8 Å². The van der Waals surface area contributed by atoms with Gasteiger partial charge in [-0.2, -0.15) is 0 Å². The summed E-state index contributed by atoms with van der Waals surface area (Å²) >= 11 is 0. The number of hydrogen-bond acceptors (Lipinski definition) is 5. The van der Waals surface area contributed by atoms with Gasteiger partial charge < -0.3 is 15.1 Å². The Kier molecular flexibility index (Phi) is 8.72. The average Bonchev–Trinajstić information content (AvgIpc) is 2.81. The topological polar surface area (TPSA) is 94.9 Å². The lowest BCUT2D eigenvalue weighted by Crippen LogP contribution is -2.47. The minimum atomic E-state index is -3.36. The lowest BCUT2D eigenvalue weighted by molar-refractivity contribution is -0.135. The fourth-order valence-electron chi connectivity index (χ4n) is 4.80. The number of benzene rings is 2. The van der Waals surface area contributed by atoms with Gasteiger partial charge in [-0.05, 0) is 66.1 Å². The summed E-state index contributed by atoms with van der Waals surface area (Å²) in [5.41, 5.74) is 0.428. The van der Waals surface area contributed by atoms with Gasteiger partial charge in [-0.25, -0.2) is 12.8 Å². The van der Waals surface area contributed by atoms with Gasteiger partial charge in [0.05, 0.1) is 16.9 Å². The molecule has 6 nitrogen and oxygen atoms in total. The van der Waals surface area contributed by atoms with Crippen molar-refractivity contribution in [3.05, 3.63) is 65.0 Å². The molecule has 8 heteroatoms. The second-order valence-corrected chi connectivity index (χ2v) is 11.8. The highest BCUT2D eigenvalue weighted by Gasteiger charge is 2.35. The number of aliphatic hydroxyl groups excluding tert-OH is 1. The van der Waals surface area contributed by atoms with E-state index < -0.39 is 27.4 Å². The summed E-state index contributed by atoms with van der Waals surface area (Å²) in [6.45, 7) is 5.19. The van der Waals surface area contributed by atoms with Crippen molar-refractivity contribution in [3.63, 3.8) is 0 Å². The molecule has 1 saturated heterocycles. The summed E-state index contributed by atoms with van der Waals surface area (Å²) in [6, 6.07) is 9.89. The first-order valence-electron chi connectivity index (χ1n) is 12.2. The highest BCUT2D eigenvalue weighted by atomic mass is 32.2. The van der Waals surface area contributed by atoms with Gasteiger partial charge in [0.25, 0.3) is 0 Å². The second kappa shape index (κ2) is 11.2. The Bertz CT molecular complexity index is 1120. The van der Waals surface area contributed by atoms with Crippen LogP contribution in [0.5, 0.6) is 0 Å². The van der Waals surface area contributed by atoms with Gasteiger partial charge in [0.15, 0.2) is 9.84 Å². The molecule has 0 spiro atoms. The third-order valence-corrected chi connectivity index (χ3v) is 8.27. The summed E-state index contributed by atoms with van der Waals surface area (Å²) < 4.78 is 37.7. The molecule has 0 radical (unpaired) electrons. The minimum absolute atomic E-state index is 0.00449. The predicted octanol–water partition coefficient (Wildman–Crippen LogP) is 4.03. The first kappa shape index (κ1) is 27.3. The van der Waals surface area contributed by atoms with E-state index in [2.05, 4.69) is 13.8 Å². The maximum atomic E-state index is 14.4. The molecule has 3 rings (SSSR count). The Morgan fingerprint density at radius 3 is 2.20 bits per heavy atom. The molecule has 2 aromatic rings. The van der Waals surface area contributed by atoms with Crippen LogP contribution in [0.2, 0.25) is 0 Å². The van der Waals surface area contributed by atoms with E-state index in [4.69, 9.17) is 0 Å². The van der Waals surface area contributed by atoms with Gasteiger partial charge in [-0.3, -0.25) is 4.79 Å². The first-order valence-corrected chi connectivity index (χ1v) is 14.1. The molecule has 1 aliphatic rings. The molecule has 1 heterocycles. The monoisotopic (exact) mass is 505 g/mol. The van der Waals surface area contributed by atoms with Gasteiger partial charge in [-0.1, -0.05) is 44.9 Å².